The first kappa shape index (κ1) is 20.1. The number of halogens is 1. The van der Waals surface area contributed by atoms with Crippen LogP contribution in [0.5, 0.6) is 5.75 Å². The Labute approximate surface area is 189 Å². The monoisotopic (exact) mass is 445 g/mol. The Morgan fingerprint density at radius 1 is 1.25 bits per heavy atom. The Morgan fingerprint density at radius 2 is 2.06 bits per heavy atom. The van der Waals surface area contributed by atoms with Crippen LogP contribution in [0.2, 0.25) is 5.15 Å². The lowest BCUT2D eigenvalue weighted by atomic mass is 10.0. The first-order valence-electron chi connectivity index (χ1n) is 10.1. The topological polar surface area (TPSA) is 108 Å². The number of aromatic nitrogens is 5. The predicted octanol–water partition coefficient (Wildman–Crippen LogP) is 4.13. The molecule has 4 aromatic rings. The number of nitrogen functional groups attached to an aromatic ring is 1. The van der Waals surface area contributed by atoms with Crippen molar-refractivity contribution in [3.05, 3.63) is 69.9 Å². The zero-order chi connectivity index (χ0) is 22.6. The van der Waals surface area contributed by atoms with Crippen LogP contribution in [0.3, 0.4) is 0 Å². The second-order valence-electron chi connectivity index (χ2n) is 7.88. The Balaban J connectivity index is 1.85. The average Bonchev–Trinajstić information content (AvgIpc) is 3.28. The number of nitrogens with zero attached hydrogens (tertiary/aromatic N) is 6. The molecule has 1 aromatic carbocycles. The van der Waals surface area contributed by atoms with E-state index in [0.717, 1.165) is 28.2 Å². The summed E-state index contributed by atoms with van der Waals surface area (Å²) in [6.45, 7) is 3.99. The van der Waals surface area contributed by atoms with Gasteiger partial charge in [0.1, 0.15) is 12.2 Å². The van der Waals surface area contributed by atoms with Gasteiger partial charge in [0.25, 0.3) is 0 Å². The molecular weight excluding hydrogens is 426 g/mol. The van der Waals surface area contributed by atoms with E-state index in [4.69, 9.17) is 22.1 Å². The predicted molar refractivity (Wildman–Crippen MR) is 121 cm³/mol. The van der Waals surface area contributed by atoms with Crippen LogP contribution < -0.4 is 10.5 Å². The number of pyridine rings is 1. The molecular formula is C23H20ClN7O. The van der Waals surface area contributed by atoms with Crippen molar-refractivity contribution in [2.75, 3.05) is 5.73 Å². The minimum atomic E-state index is -0.344. The molecule has 8 nitrogen and oxygen atoms in total. The molecule has 1 atom stereocenters. The molecule has 4 heterocycles. The smallest absolute Gasteiger partial charge is 0.170 e. The molecule has 1 unspecified atom stereocenters. The van der Waals surface area contributed by atoms with E-state index in [1.165, 1.54) is 0 Å². The van der Waals surface area contributed by atoms with Gasteiger partial charge in [0.05, 0.1) is 17.1 Å². The highest BCUT2D eigenvalue weighted by molar-refractivity contribution is 6.29. The fourth-order valence-electron chi connectivity index (χ4n) is 4.17. The lowest BCUT2D eigenvalue weighted by Gasteiger charge is -2.22. The lowest BCUT2D eigenvalue weighted by molar-refractivity contribution is 0.227. The van der Waals surface area contributed by atoms with E-state index in [9.17, 15) is 5.26 Å². The molecule has 0 aliphatic carbocycles. The maximum atomic E-state index is 9.74. The molecule has 0 saturated heterocycles. The van der Waals surface area contributed by atoms with Gasteiger partial charge in [0.15, 0.2) is 22.4 Å². The largest absolute Gasteiger partial charge is 0.482 e. The first-order valence-corrected chi connectivity index (χ1v) is 10.5. The van der Waals surface area contributed by atoms with Gasteiger partial charge in [-0.25, -0.2) is 9.67 Å². The zero-order valence-electron chi connectivity index (χ0n) is 17.8. The van der Waals surface area contributed by atoms with Crippen molar-refractivity contribution in [3.8, 4) is 28.6 Å². The van der Waals surface area contributed by atoms with Crippen LogP contribution in [0.4, 0.5) is 5.82 Å². The van der Waals surface area contributed by atoms with Gasteiger partial charge in [-0.05, 0) is 32.0 Å². The number of nitriles is 1. The third-order valence-electron chi connectivity index (χ3n) is 5.70. The highest BCUT2D eigenvalue weighted by Crippen LogP contribution is 2.37. The van der Waals surface area contributed by atoms with E-state index >= 15 is 0 Å². The fraction of sp³-hybridized carbons (Fsp3) is 0.217. The minimum Gasteiger partial charge on any atom is -0.482 e. The Hall–Kier alpha value is -3.83. The second kappa shape index (κ2) is 7.39. The van der Waals surface area contributed by atoms with E-state index in [1.807, 2.05) is 49.8 Å². The van der Waals surface area contributed by atoms with E-state index in [0.29, 0.717) is 34.1 Å². The highest BCUT2D eigenvalue weighted by Gasteiger charge is 2.25. The van der Waals surface area contributed by atoms with Crippen LogP contribution in [0.1, 0.15) is 41.2 Å². The highest BCUT2D eigenvalue weighted by atomic mass is 35.5. The molecule has 160 valence electrons. The summed E-state index contributed by atoms with van der Waals surface area (Å²) in [5.74, 6) is 0.721. The van der Waals surface area contributed by atoms with Gasteiger partial charge in [-0.1, -0.05) is 29.3 Å². The Kier molecular flexibility index (Phi) is 4.64. The van der Waals surface area contributed by atoms with Gasteiger partial charge in [0.2, 0.25) is 0 Å². The molecule has 3 aromatic heterocycles. The third-order valence-corrected chi connectivity index (χ3v) is 5.88. The maximum absolute atomic E-state index is 9.74. The van der Waals surface area contributed by atoms with Crippen LogP contribution in [-0.4, -0.2) is 24.5 Å². The lowest BCUT2D eigenvalue weighted by Crippen LogP contribution is -2.14. The summed E-state index contributed by atoms with van der Waals surface area (Å²) in [5.41, 5.74) is 12.4. The van der Waals surface area contributed by atoms with Crippen LogP contribution in [0.15, 0.2) is 36.5 Å². The molecule has 9 heteroatoms. The number of rotatable bonds is 0. The van der Waals surface area contributed by atoms with Crippen LogP contribution in [0, 0.1) is 18.3 Å². The van der Waals surface area contributed by atoms with Gasteiger partial charge in [-0.15, -0.1) is 0 Å². The molecule has 2 bridgehead atoms. The molecule has 0 amide bonds. The summed E-state index contributed by atoms with van der Waals surface area (Å²) in [7, 11) is 1.81. The SMILES string of the molecule is Cc1ccc2c(c1)C(C)Oc1cc(cnc1N)-c1c(C#N)nn(C)c1Cc1cc(Cl)nn1-2. The van der Waals surface area contributed by atoms with Crippen molar-refractivity contribution in [1.29, 1.82) is 5.26 Å². The summed E-state index contributed by atoms with van der Waals surface area (Å²) in [5, 5.41) is 19.1. The summed E-state index contributed by atoms with van der Waals surface area (Å²) in [6.07, 6.45) is 1.76. The summed E-state index contributed by atoms with van der Waals surface area (Å²) in [4.78, 5) is 4.34. The standard InChI is InChI=1S/C23H20ClN7O/c1-12-4-5-18-16(6-12)13(2)32-20-7-14(11-27-23(20)26)22-17(10-25)28-30(3)19(22)8-15-9-21(24)29-31(15)18/h4-7,9,11,13H,8H2,1-3H3,(H2,26,27). The first-order chi connectivity index (χ1) is 15.4. The Bertz CT molecular complexity index is 1410. The minimum absolute atomic E-state index is 0.277. The van der Waals surface area contributed by atoms with Crippen molar-refractivity contribution < 1.29 is 4.74 Å². The summed E-state index contributed by atoms with van der Waals surface area (Å²) >= 11 is 6.35. The maximum Gasteiger partial charge on any atom is 0.170 e. The molecule has 0 saturated carbocycles. The van der Waals surface area contributed by atoms with Crippen molar-refractivity contribution >= 4 is 17.4 Å². The molecule has 1 aliphatic rings. The quantitative estimate of drug-likeness (QED) is 0.436. The van der Waals surface area contributed by atoms with Gasteiger partial charge in [-0.2, -0.15) is 15.5 Å². The van der Waals surface area contributed by atoms with E-state index < -0.39 is 0 Å². The summed E-state index contributed by atoms with van der Waals surface area (Å²) in [6, 6.07) is 11.9. The van der Waals surface area contributed by atoms with Crippen LogP contribution >= 0.6 is 11.6 Å². The van der Waals surface area contributed by atoms with Crippen LogP contribution in [0.25, 0.3) is 16.8 Å². The Morgan fingerprint density at radius 3 is 2.84 bits per heavy atom. The molecule has 2 N–H and O–H groups in total. The van der Waals surface area contributed by atoms with Crippen molar-refractivity contribution in [2.24, 2.45) is 7.05 Å². The number of anilines is 1. The van der Waals surface area contributed by atoms with Gasteiger partial charge >= 0.3 is 0 Å². The van der Waals surface area contributed by atoms with Gasteiger partial charge in [-0.3, -0.25) is 4.68 Å². The molecule has 0 radical (unpaired) electrons. The number of fused-ring (bicyclic) bond motifs is 7. The number of nitrogens with two attached hydrogens (primary N) is 1. The second-order valence-corrected chi connectivity index (χ2v) is 8.27. The van der Waals surface area contributed by atoms with Crippen molar-refractivity contribution in [3.63, 3.8) is 0 Å². The molecule has 0 spiro atoms. The van der Waals surface area contributed by atoms with Crippen molar-refractivity contribution in [1.82, 2.24) is 24.5 Å². The number of hydrogen-bond acceptors (Lipinski definition) is 6. The van der Waals surface area contributed by atoms with E-state index in [1.54, 1.807) is 10.9 Å². The van der Waals surface area contributed by atoms with Gasteiger partial charge in [0, 0.05) is 36.4 Å². The molecule has 0 fully saturated rings. The number of ether oxygens (including phenoxy) is 1. The number of hydrogen-bond donors (Lipinski definition) is 1. The van der Waals surface area contributed by atoms with E-state index in [2.05, 4.69) is 27.3 Å². The van der Waals surface area contributed by atoms with E-state index in [-0.39, 0.29) is 11.9 Å². The molecule has 5 rings (SSSR count). The third kappa shape index (κ3) is 3.18. The molecule has 32 heavy (non-hydrogen) atoms. The fourth-order valence-corrected chi connectivity index (χ4v) is 4.37. The number of aryl methyl sites for hydroxylation is 2. The zero-order valence-corrected chi connectivity index (χ0v) is 18.6. The normalized spacial score (nSPS) is 14.8. The average molecular weight is 446 g/mol. The number of benzene rings is 1. The van der Waals surface area contributed by atoms with Crippen LogP contribution in [-0.2, 0) is 13.5 Å². The van der Waals surface area contributed by atoms with Gasteiger partial charge < -0.3 is 10.5 Å². The van der Waals surface area contributed by atoms with Crippen molar-refractivity contribution in [2.45, 2.75) is 26.4 Å². The summed E-state index contributed by atoms with van der Waals surface area (Å²) < 4.78 is 9.82. The molecule has 1 aliphatic heterocycles.